The smallest absolute Gasteiger partial charge is 0.282 e. The molecule has 2 aromatic heterocycles. The van der Waals surface area contributed by atoms with Crippen molar-refractivity contribution in [3.8, 4) is 0 Å². The summed E-state index contributed by atoms with van der Waals surface area (Å²) in [5.41, 5.74) is 0.705. The first-order valence-corrected chi connectivity index (χ1v) is 7.82. The lowest BCUT2D eigenvalue weighted by Crippen LogP contribution is -2.29. The quantitative estimate of drug-likeness (QED) is 0.925. The number of hydrogen-bond donors (Lipinski definition) is 1. The average Bonchev–Trinajstić information content (AvgIpc) is 2.92. The third kappa shape index (κ3) is 2.35. The lowest BCUT2D eigenvalue weighted by Gasteiger charge is -2.20. The van der Waals surface area contributed by atoms with Crippen molar-refractivity contribution in [3.05, 3.63) is 27.6 Å². The molecule has 2 aromatic rings. The predicted molar refractivity (Wildman–Crippen MR) is 79.3 cm³/mol. The molecule has 0 unspecified atom stereocenters. The topological polar surface area (TPSA) is 63.5 Å². The van der Waals surface area contributed by atoms with Gasteiger partial charge in [-0.1, -0.05) is 19.3 Å². The van der Waals surface area contributed by atoms with Gasteiger partial charge in [0.1, 0.15) is 5.69 Å². The fourth-order valence-corrected chi connectivity index (χ4v) is 3.47. The molecule has 0 saturated heterocycles. The molecule has 2 heterocycles. The summed E-state index contributed by atoms with van der Waals surface area (Å²) in [6.07, 6.45) is 6.91. The van der Waals surface area contributed by atoms with Crippen LogP contribution in [0.1, 0.15) is 37.8 Å². The van der Waals surface area contributed by atoms with E-state index in [-0.39, 0.29) is 17.4 Å². The molecule has 5 nitrogen and oxygen atoms in total. The molecule has 0 spiro atoms. The van der Waals surface area contributed by atoms with Crippen molar-refractivity contribution >= 4 is 27.9 Å². The van der Waals surface area contributed by atoms with Crippen LogP contribution in [0.4, 0.5) is 5.69 Å². The van der Waals surface area contributed by atoms with Crippen molar-refractivity contribution in [3.63, 3.8) is 0 Å². The molecule has 6 heteroatoms. The van der Waals surface area contributed by atoms with Gasteiger partial charge < -0.3 is 5.32 Å². The molecular weight excluding hydrogens is 274 g/mol. The molecule has 0 aromatic carbocycles. The van der Waals surface area contributed by atoms with Crippen LogP contribution in [0, 0.1) is 12.8 Å². The molecule has 0 bridgehead atoms. The van der Waals surface area contributed by atoms with Crippen molar-refractivity contribution in [2.45, 2.75) is 39.0 Å². The minimum Gasteiger partial charge on any atom is -0.320 e. The number of aromatic nitrogens is 2. The van der Waals surface area contributed by atoms with Gasteiger partial charge in [0.15, 0.2) is 4.96 Å². The van der Waals surface area contributed by atoms with Crippen molar-refractivity contribution in [1.82, 2.24) is 9.38 Å². The van der Waals surface area contributed by atoms with Crippen LogP contribution in [0.5, 0.6) is 0 Å². The molecule has 0 radical (unpaired) electrons. The van der Waals surface area contributed by atoms with Gasteiger partial charge in [-0.05, 0) is 19.8 Å². The number of aryl methyl sites for hydroxylation is 1. The van der Waals surface area contributed by atoms with Crippen molar-refractivity contribution in [2.75, 3.05) is 5.32 Å². The Balaban J connectivity index is 1.90. The van der Waals surface area contributed by atoms with Crippen molar-refractivity contribution in [1.29, 1.82) is 0 Å². The zero-order valence-electron chi connectivity index (χ0n) is 11.4. The van der Waals surface area contributed by atoms with E-state index in [0.717, 1.165) is 25.7 Å². The highest BCUT2D eigenvalue weighted by molar-refractivity contribution is 7.15. The van der Waals surface area contributed by atoms with E-state index in [2.05, 4.69) is 10.3 Å². The predicted octanol–water partition coefficient (Wildman–Crippen LogP) is 2.58. The van der Waals surface area contributed by atoms with E-state index in [1.165, 1.54) is 22.2 Å². The molecule has 1 aliphatic rings. The number of carbonyl (C=O) groups is 1. The molecular formula is C14H17N3O2S. The standard InChI is InChI=1S/C14H17N3O2S/c1-9-11(13(19)17-7-8-20-14(17)15-9)16-12(18)10-5-3-2-4-6-10/h7-8,10H,2-6H2,1H3,(H,16,18). The molecule has 20 heavy (non-hydrogen) atoms. The Bertz CT molecular complexity index is 698. The van der Waals surface area contributed by atoms with Crippen LogP contribution < -0.4 is 10.9 Å². The fraction of sp³-hybridized carbons (Fsp3) is 0.500. The Morgan fingerprint density at radius 1 is 1.40 bits per heavy atom. The van der Waals surface area contributed by atoms with Crippen LogP contribution in [0.3, 0.4) is 0 Å². The lowest BCUT2D eigenvalue weighted by molar-refractivity contribution is -0.120. The maximum absolute atomic E-state index is 12.3. The third-order valence-corrected chi connectivity index (χ3v) is 4.63. The third-order valence-electron chi connectivity index (χ3n) is 3.87. The molecule has 0 atom stereocenters. The summed E-state index contributed by atoms with van der Waals surface area (Å²) < 4.78 is 1.48. The summed E-state index contributed by atoms with van der Waals surface area (Å²) in [5.74, 6) is -0.00685. The minimum atomic E-state index is -0.196. The highest BCUT2D eigenvalue weighted by atomic mass is 32.1. The summed E-state index contributed by atoms with van der Waals surface area (Å²) in [6, 6.07) is 0. The molecule has 3 rings (SSSR count). The second kappa shape index (κ2) is 5.36. The van der Waals surface area contributed by atoms with Gasteiger partial charge in [-0.25, -0.2) is 4.98 Å². The number of nitrogens with one attached hydrogen (secondary N) is 1. The van der Waals surface area contributed by atoms with E-state index in [1.54, 1.807) is 13.1 Å². The van der Waals surface area contributed by atoms with Gasteiger partial charge in [0.25, 0.3) is 5.56 Å². The Kier molecular flexibility index (Phi) is 3.56. The van der Waals surface area contributed by atoms with Gasteiger partial charge in [0.2, 0.25) is 5.91 Å². The van der Waals surface area contributed by atoms with Gasteiger partial charge in [-0.15, -0.1) is 11.3 Å². The number of amides is 1. The van der Waals surface area contributed by atoms with E-state index in [0.29, 0.717) is 16.3 Å². The second-order valence-electron chi connectivity index (χ2n) is 5.26. The van der Waals surface area contributed by atoms with Crippen LogP contribution in [0.2, 0.25) is 0 Å². The molecule has 1 amide bonds. The van der Waals surface area contributed by atoms with Crippen LogP contribution in [0.25, 0.3) is 4.96 Å². The first-order valence-electron chi connectivity index (χ1n) is 6.94. The summed E-state index contributed by atoms with van der Waals surface area (Å²) >= 11 is 1.41. The van der Waals surface area contributed by atoms with Crippen molar-refractivity contribution in [2.24, 2.45) is 5.92 Å². The van der Waals surface area contributed by atoms with Crippen LogP contribution in [0.15, 0.2) is 16.4 Å². The van der Waals surface area contributed by atoms with Gasteiger partial charge >= 0.3 is 0 Å². The average molecular weight is 291 g/mol. The Morgan fingerprint density at radius 2 is 2.15 bits per heavy atom. The van der Waals surface area contributed by atoms with E-state index >= 15 is 0 Å². The van der Waals surface area contributed by atoms with Gasteiger partial charge in [0, 0.05) is 17.5 Å². The Morgan fingerprint density at radius 3 is 2.90 bits per heavy atom. The molecule has 0 aliphatic heterocycles. The molecule has 1 fully saturated rings. The van der Waals surface area contributed by atoms with Crippen LogP contribution >= 0.6 is 11.3 Å². The number of thiazole rings is 1. The van der Waals surface area contributed by atoms with E-state index in [1.807, 2.05) is 5.38 Å². The first kappa shape index (κ1) is 13.3. The van der Waals surface area contributed by atoms with Gasteiger partial charge in [-0.3, -0.25) is 14.0 Å². The summed E-state index contributed by atoms with van der Waals surface area (Å²) in [6.45, 7) is 1.76. The largest absolute Gasteiger partial charge is 0.320 e. The molecule has 106 valence electrons. The highest BCUT2D eigenvalue weighted by Crippen LogP contribution is 2.25. The monoisotopic (exact) mass is 291 g/mol. The van der Waals surface area contributed by atoms with Crippen molar-refractivity contribution < 1.29 is 4.79 Å². The number of carbonyl (C=O) groups excluding carboxylic acids is 1. The zero-order chi connectivity index (χ0) is 14.1. The maximum atomic E-state index is 12.3. The molecule has 1 saturated carbocycles. The number of nitrogens with zero attached hydrogens (tertiary/aromatic N) is 2. The summed E-state index contributed by atoms with van der Waals surface area (Å²) in [7, 11) is 0. The summed E-state index contributed by atoms with van der Waals surface area (Å²) in [5, 5.41) is 4.62. The number of rotatable bonds is 2. The van der Waals surface area contributed by atoms with Crippen LogP contribution in [-0.2, 0) is 4.79 Å². The van der Waals surface area contributed by atoms with E-state index < -0.39 is 0 Å². The minimum absolute atomic E-state index is 0.0331. The van der Waals surface area contributed by atoms with Gasteiger partial charge in [-0.2, -0.15) is 0 Å². The lowest BCUT2D eigenvalue weighted by atomic mass is 9.88. The molecule has 1 aliphatic carbocycles. The van der Waals surface area contributed by atoms with Crippen LogP contribution in [-0.4, -0.2) is 15.3 Å². The van der Waals surface area contributed by atoms with Gasteiger partial charge in [0.05, 0.1) is 5.69 Å². The highest BCUT2D eigenvalue weighted by Gasteiger charge is 2.23. The SMILES string of the molecule is Cc1nc2sccn2c(=O)c1NC(=O)C1CCCCC1. The van der Waals surface area contributed by atoms with E-state index in [9.17, 15) is 9.59 Å². The maximum Gasteiger partial charge on any atom is 0.282 e. The second-order valence-corrected chi connectivity index (χ2v) is 6.13. The summed E-state index contributed by atoms with van der Waals surface area (Å²) in [4.78, 5) is 29.6. The number of fused-ring (bicyclic) bond motifs is 1. The fourth-order valence-electron chi connectivity index (χ4n) is 2.72. The number of hydrogen-bond acceptors (Lipinski definition) is 4. The zero-order valence-corrected chi connectivity index (χ0v) is 12.2. The normalized spacial score (nSPS) is 16.4. The molecule has 1 N–H and O–H groups in total. The Hall–Kier alpha value is -1.69. The first-order chi connectivity index (χ1) is 9.66. The Labute approximate surface area is 120 Å². The number of anilines is 1. The van der Waals surface area contributed by atoms with E-state index in [4.69, 9.17) is 0 Å².